The summed E-state index contributed by atoms with van der Waals surface area (Å²) in [6, 6.07) is 19.4. The smallest absolute Gasteiger partial charge is 0.168 e. The number of para-hydroxylation sites is 1. The predicted octanol–water partition coefficient (Wildman–Crippen LogP) is 6.03. The van der Waals surface area contributed by atoms with E-state index in [-0.39, 0.29) is 11.6 Å². The molecule has 0 aliphatic heterocycles. The first-order valence-electron chi connectivity index (χ1n) is 8.86. The maximum Gasteiger partial charge on any atom is 0.168 e. The standard InChI is InChI=1S/C22H17F2N3S2/c1-29-20-10-9-15(12-19(20)24)22-26-25-21(27(22)17-5-3-2-4-6-17)14-7-8-16(13-28)18(23)11-14/h2-12,28H,13H2,1H3. The molecule has 0 aliphatic carbocycles. The van der Waals surface area contributed by atoms with E-state index in [1.807, 2.05) is 47.2 Å². The van der Waals surface area contributed by atoms with E-state index in [4.69, 9.17) is 0 Å². The van der Waals surface area contributed by atoms with Crippen molar-refractivity contribution in [3.8, 4) is 28.5 Å². The van der Waals surface area contributed by atoms with Gasteiger partial charge in [0.1, 0.15) is 11.6 Å². The topological polar surface area (TPSA) is 30.7 Å². The monoisotopic (exact) mass is 425 g/mol. The average Bonchev–Trinajstić information content (AvgIpc) is 3.19. The molecule has 0 saturated heterocycles. The molecule has 0 N–H and O–H groups in total. The molecular formula is C22H17F2N3S2. The van der Waals surface area contributed by atoms with Crippen LogP contribution < -0.4 is 0 Å². The molecule has 1 heterocycles. The molecule has 4 rings (SSSR count). The Balaban J connectivity index is 1.92. The van der Waals surface area contributed by atoms with Crippen molar-refractivity contribution in [1.82, 2.24) is 14.8 Å². The van der Waals surface area contributed by atoms with E-state index in [0.717, 1.165) is 5.69 Å². The van der Waals surface area contributed by atoms with Gasteiger partial charge in [-0.2, -0.15) is 12.6 Å². The van der Waals surface area contributed by atoms with Crippen LogP contribution in [0.5, 0.6) is 0 Å². The number of halogens is 2. The molecule has 29 heavy (non-hydrogen) atoms. The molecule has 3 aromatic carbocycles. The maximum atomic E-state index is 14.4. The molecule has 0 spiro atoms. The summed E-state index contributed by atoms with van der Waals surface area (Å²) in [5, 5.41) is 8.62. The van der Waals surface area contributed by atoms with E-state index in [2.05, 4.69) is 22.8 Å². The first-order chi connectivity index (χ1) is 14.1. The molecule has 3 nitrogen and oxygen atoms in total. The van der Waals surface area contributed by atoms with Gasteiger partial charge < -0.3 is 0 Å². The van der Waals surface area contributed by atoms with Crippen LogP contribution in [0.4, 0.5) is 8.78 Å². The summed E-state index contributed by atoms with van der Waals surface area (Å²) < 4.78 is 30.6. The van der Waals surface area contributed by atoms with Crippen molar-refractivity contribution in [3.63, 3.8) is 0 Å². The molecule has 0 bridgehead atoms. The molecule has 0 saturated carbocycles. The summed E-state index contributed by atoms with van der Waals surface area (Å²) in [7, 11) is 0. The molecule has 146 valence electrons. The third-order valence-electron chi connectivity index (χ3n) is 4.57. The van der Waals surface area contributed by atoms with E-state index in [1.54, 1.807) is 18.2 Å². The average molecular weight is 426 g/mol. The van der Waals surface area contributed by atoms with Gasteiger partial charge in [-0.15, -0.1) is 22.0 Å². The first-order valence-corrected chi connectivity index (χ1v) is 10.7. The zero-order valence-corrected chi connectivity index (χ0v) is 17.2. The van der Waals surface area contributed by atoms with Crippen LogP contribution >= 0.6 is 24.4 Å². The fraction of sp³-hybridized carbons (Fsp3) is 0.0909. The van der Waals surface area contributed by atoms with Gasteiger partial charge in [-0.25, -0.2) is 8.78 Å². The number of thiol groups is 1. The van der Waals surface area contributed by atoms with Gasteiger partial charge in [0, 0.05) is 27.5 Å². The number of aromatic nitrogens is 3. The Hall–Kier alpha value is -2.64. The summed E-state index contributed by atoms with van der Waals surface area (Å²) in [6.07, 6.45) is 1.83. The molecule has 0 fully saturated rings. The van der Waals surface area contributed by atoms with Crippen LogP contribution in [0.3, 0.4) is 0 Å². The number of rotatable bonds is 5. The Bertz CT molecular complexity index is 1090. The molecule has 0 amide bonds. The van der Waals surface area contributed by atoms with Crippen molar-refractivity contribution >= 4 is 24.4 Å². The van der Waals surface area contributed by atoms with Crippen molar-refractivity contribution < 1.29 is 8.78 Å². The van der Waals surface area contributed by atoms with Crippen LogP contribution in [0, 0.1) is 11.6 Å². The van der Waals surface area contributed by atoms with Crippen LogP contribution in [0.25, 0.3) is 28.5 Å². The molecule has 0 atom stereocenters. The Labute approximate surface area is 177 Å². The molecule has 0 unspecified atom stereocenters. The second-order valence-corrected chi connectivity index (χ2v) is 7.50. The maximum absolute atomic E-state index is 14.4. The second-order valence-electron chi connectivity index (χ2n) is 6.33. The van der Waals surface area contributed by atoms with Gasteiger partial charge in [0.05, 0.1) is 0 Å². The minimum absolute atomic E-state index is 0.309. The van der Waals surface area contributed by atoms with Crippen LogP contribution in [-0.2, 0) is 5.75 Å². The molecule has 0 aliphatic rings. The summed E-state index contributed by atoms with van der Waals surface area (Å²) in [6.45, 7) is 0. The summed E-state index contributed by atoms with van der Waals surface area (Å²) in [4.78, 5) is 0.559. The molecule has 1 aromatic heterocycles. The molecule has 0 radical (unpaired) electrons. The minimum Gasteiger partial charge on any atom is -0.275 e. The molecular weight excluding hydrogens is 408 g/mol. The zero-order valence-electron chi connectivity index (χ0n) is 15.5. The first kappa shape index (κ1) is 19.7. The largest absolute Gasteiger partial charge is 0.275 e. The number of nitrogens with zero attached hydrogens (tertiary/aromatic N) is 3. The van der Waals surface area contributed by atoms with Crippen molar-refractivity contribution in [2.75, 3.05) is 6.26 Å². The van der Waals surface area contributed by atoms with Gasteiger partial charge in [-0.3, -0.25) is 4.57 Å². The van der Waals surface area contributed by atoms with Crippen LogP contribution in [0.15, 0.2) is 71.6 Å². The Morgan fingerprint density at radius 1 is 0.862 bits per heavy atom. The lowest BCUT2D eigenvalue weighted by Gasteiger charge is -2.12. The van der Waals surface area contributed by atoms with Gasteiger partial charge in [-0.1, -0.05) is 30.3 Å². The van der Waals surface area contributed by atoms with Gasteiger partial charge in [0.2, 0.25) is 0 Å². The highest BCUT2D eigenvalue weighted by Crippen LogP contribution is 2.31. The zero-order chi connectivity index (χ0) is 20.4. The lowest BCUT2D eigenvalue weighted by atomic mass is 10.1. The lowest BCUT2D eigenvalue weighted by molar-refractivity contribution is 0.602. The Morgan fingerprint density at radius 2 is 1.48 bits per heavy atom. The summed E-state index contributed by atoms with van der Waals surface area (Å²) in [5.74, 6) is 0.603. The number of hydrogen-bond acceptors (Lipinski definition) is 4. The van der Waals surface area contributed by atoms with Crippen molar-refractivity contribution in [3.05, 3.63) is 83.9 Å². The van der Waals surface area contributed by atoms with E-state index in [9.17, 15) is 8.78 Å². The predicted molar refractivity (Wildman–Crippen MR) is 117 cm³/mol. The van der Waals surface area contributed by atoms with Crippen molar-refractivity contribution in [2.45, 2.75) is 10.6 Å². The minimum atomic E-state index is -0.350. The van der Waals surface area contributed by atoms with E-state index >= 15 is 0 Å². The van der Waals surface area contributed by atoms with Crippen molar-refractivity contribution in [2.24, 2.45) is 0 Å². The fourth-order valence-electron chi connectivity index (χ4n) is 3.10. The van der Waals surface area contributed by atoms with Crippen LogP contribution in [0.2, 0.25) is 0 Å². The number of thioether (sulfide) groups is 1. The molecule has 4 aromatic rings. The van der Waals surface area contributed by atoms with Crippen LogP contribution in [-0.4, -0.2) is 21.0 Å². The highest BCUT2D eigenvalue weighted by Gasteiger charge is 2.19. The molecule has 7 heteroatoms. The van der Waals surface area contributed by atoms with Gasteiger partial charge in [-0.05, 0) is 48.2 Å². The SMILES string of the molecule is CSc1ccc(-c2nnc(-c3ccc(CS)c(F)c3)n2-c2ccccc2)cc1F. The van der Waals surface area contributed by atoms with Crippen molar-refractivity contribution in [1.29, 1.82) is 0 Å². The Morgan fingerprint density at radius 3 is 2.03 bits per heavy atom. The lowest BCUT2D eigenvalue weighted by Crippen LogP contribution is -2.01. The fourth-order valence-corrected chi connectivity index (χ4v) is 3.81. The quantitative estimate of drug-likeness (QED) is 0.313. The second kappa shape index (κ2) is 8.39. The summed E-state index contributed by atoms with van der Waals surface area (Å²) in [5.41, 5.74) is 2.49. The highest BCUT2D eigenvalue weighted by molar-refractivity contribution is 7.98. The van der Waals surface area contributed by atoms with Gasteiger partial charge >= 0.3 is 0 Å². The van der Waals surface area contributed by atoms with Gasteiger partial charge in [0.25, 0.3) is 0 Å². The van der Waals surface area contributed by atoms with E-state index < -0.39 is 0 Å². The third kappa shape index (κ3) is 3.80. The van der Waals surface area contributed by atoms with Gasteiger partial charge in [0.15, 0.2) is 11.6 Å². The highest BCUT2D eigenvalue weighted by atomic mass is 32.2. The number of hydrogen-bond donors (Lipinski definition) is 1. The van der Waals surface area contributed by atoms with Crippen LogP contribution in [0.1, 0.15) is 5.56 Å². The normalized spacial score (nSPS) is 11.0. The number of benzene rings is 3. The Kier molecular flexibility index (Phi) is 5.69. The summed E-state index contributed by atoms with van der Waals surface area (Å²) >= 11 is 5.49. The van der Waals surface area contributed by atoms with E-state index in [0.29, 0.717) is 39.0 Å². The third-order valence-corrected chi connectivity index (χ3v) is 5.68. The van der Waals surface area contributed by atoms with E-state index in [1.165, 1.54) is 23.9 Å².